The largest absolute Gasteiger partial charge is 0.444 e. The SMILES string of the molecule is CCOCC(=O)N(OC(=O)C(=O)ON(C(=O)COCC)C1CCN([C@@H](Cl)c2c3c(cc4ccccc24)C=C[C@@H]2C[C@H]32)CC1)C1CCN([C@@H](Cl)c2c3c(cc4ccccc24)C=C[C@@H]2C[C@H]32)CC1. The number of alkyl halides is 2. The molecule has 0 spiro atoms. The van der Waals surface area contributed by atoms with Crippen molar-refractivity contribution < 1.29 is 38.3 Å². The summed E-state index contributed by atoms with van der Waals surface area (Å²) in [6.45, 7) is 5.35. The Bertz CT molecular complexity index is 2430. The summed E-state index contributed by atoms with van der Waals surface area (Å²) in [5, 5.41) is 6.45. The van der Waals surface area contributed by atoms with Crippen molar-refractivity contribution in [2.24, 2.45) is 11.8 Å². The van der Waals surface area contributed by atoms with Crippen molar-refractivity contribution in [3.05, 3.63) is 106 Å². The minimum absolute atomic E-state index is 0.261. The molecule has 0 aromatic heterocycles. The van der Waals surface area contributed by atoms with Crippen molar-refractivity contribution in [2.75, 3.05) is 52.6 Å². The Hall–Kier alpha value is -4.82. The van der Waals surface area contributed by atoms with Crippen LogP contribution in [0.15, 0.2) is 72.8 Å². The first-order valence-corrected chi connectivity index (χ1v) is 24.5. The van der Waals surface area contributed by atoms with E-state index >= 15 is 0 Å². The molecule has 0 unspecified atom stereocenters. The van der Waals surface area contributed by atoms with Gasteiger partial charge in [-0.15, -0.1) is 23.2 Å². The van der Waals surface area contributed by atoms with E-state index in [1.807, 2.05) is 24.3 Å². The Balaban J connectivity index is 0.812. The van der Waals surface area contributed by atoms with Gasteiger partial charge in [-0.05, 0) is 143 Å². The summed E-state index contributed by atoms with van der Waals surface area (Å²) in [4.78, 5) is 70.2. The number of halogens is 2. The van der Waals surface area contributed by atoms with Gasteiger partial charge in [-0.25, -0.2) is 9.59 Å². The number of ether oxygens (including phenoxy) is 2. The van der Waals surface area contributed by atoms with Crippen LogP contribution >= 0.6 is 23.2 Å². The molecule has 2 saturated heterocycles. The number of hydrogen-bond acceptors (Lipinski definition) is 10. The van der Waals surface area contributed by atoms with Gasteiger partial charge < -0.3 is 19.1 Å². The summed E-state index contributed by atoms with van der Waals surface area (Å²) >= 11 is 14.9. The van der Waals surface area contributed by atoms with Crippen LogP contribution in [-0.2, 0) is 38.3 Å². The lowest BCUT2D eigenvalue weighted by molar-refractivity contribution is -0.232. The van der Waals surface area contributed by atoms with Gasteiger partial charge in [-0.2, -0.15) is 10.1 Å². The predicted octanol–water partition coefficient (Wildman–Crippen LogP) is 9.00. The summed E-state index contributed by atoms with van der Waals surface area (Å²) in [5.74, 6) is -2.07. The number of benzene rings is 4. The second-order valence-electron chi connectivity index (χ2n) is 18.4. The number of amides is 2. The number of hydroxylamine groups is 4. The third kappa shape index (κ3) is 8.76. The van der Waals surface area contributed by atoms with Gasteiger partial charge in [-0.3, -0.25) is 19.4 Å². The number of rotatable bonds is 12. The van der Waals surface area contributed by atoms with Gasteiger partial charge in [0.1, 0.15) is 24.2 Å². The molecule has 2 aliphatic heterocycles. The molecule has 4 fully saturated rings. The maximum absolute atomic E-state index is 13.7. The summed E-state index contributed by atoms with van der Waals surface area (Å²) in [6.07, 6.45) is 13.0. The molecule has 346 valence electrons. The Labute approximate surface area is 395 Å². The van der Waals surface area contributed by atoms with Gasteiger partial charge >= 0.3 is 11.9 Å². The van der Waals surface area contributed by atoms with Gasteiger partial charge in [0, 0.05) is 39.4 Å². The molecule has 12 nitrogen and oxygen atoms in total. The highest BCUT2D eigenvalue weighted by molar-refractivity contribution is 6.29. The minimum atomic E-state index is -1.42. The lowest BCUT2D eigenvalue weighted by atomic mass is 9.87. The van der Waals surface area contributed by atoms with E-state index in [-0.39, 0.29) is 26.4 Å². The van der Waals surface area contributed by atoms with E-state index < -0.39 is 46.8 Å². The Kier molecular flexibility index (Phi) is 13.0. The van der Waals surface area contributed by atoms with Crippen molar-refractivity contribution in [1.82, 2.24) is 19.9 Å². The summed E-state index contributed by atoms with van der Waals surface area (Å²) in [7, 11) is 0. The van der Waals surface area contributed by atoms with E-state index in [4.69, 9.17) is 42.4 Å². The molecule has 2 heterocycles. The molecule has 6 aliphatic rings. The van der Waals surface area contributed by atoms with Crippen LogP contribution in [0.3, 0.4) is 0 Å². The first kappa shape index (κ1) is 45.0. The molecule has 2 amide bonds. The number of piperidine rings is 2. The molecule has 4 aromatic carbocycles. The Morgan fingerprint density at radius 2 is 1.02 bits per heavy atom. The zero-order valence-corrected chi connectivity index (χ0v) is 38.9. The fourth-order valence-electron chi connectivity index (χ4n) is 10.9. The van der Waals surface area contributed by atoms with Crippen LogP contribution in [0.5, 0.6) is 0 Å². The number of fused-ring (bicyclic) bond motifs is 8. The summed E-state index contributed by atoms with van der Waals surface area (Å²) in [6, 6.07) is 20.1. The van der Waals surface area contributed by atoms with Gasteiger partial charge in [0.15, 0.2) is 0 Å². The third-order valence-electron chi connectivity index (χ3n) is 14.5. The third-order valence-corrected chi connectivity index (χ3v) is 15.4. The molecule has 66 heavy (non-hydrogen) atoms. The van der Waals surface area contributed by atoms with Crippen LogP contribution in [0.2, 0.25) is 0 Å². The molecular weight excluding hydrogens is 879 g/mol. The van der Waals surface area contributed by atoms with Gasteiger partial charge in [-0.1, -0.05) is 72.8 Å². The average molecular weight is 936 g/mol. The van der Waals surface area contributed by atoms with E-state index in [2.05, 4.69) is 70.5 Å². The van der Waals surface area contributed by atoms with E-state index in [0.29, 0.717) is 75.5 Å². The lowest BCUT2D eigenvalue weighted by Crippen LogP contribution is -2.52. The van der Waals surface area contributed by atoms with Crippen LogP contribution in [-0.4, -0.2) is 108 Å². The Morgan fingerprint density at radius 1 is 0.621 bits per heavy atom. The number of likely N-dealkylation sites (tertiary alicyclic amines) is 2. The second kappa shape index (κ2) is 19.1. The highest BCUT2D eigenvalue weighted by Gasteiger charge is 2.45. The van der Waals surface area contributed by atoms with Gasteiger partial charge in [0.25, 0.3) is 11.8 Å². The molecule has 0 bridgehead atoms. The van der Waals surface area contributed by atoms with Crippen molar-refractivity contribution in [3.63, 3.8) is 0 Å². The number of carbonyl (C=O) groups is 4. The lowest BCUT2D eigenvalue weighted by Gasteiger charge is -2.40. The maximum Gasteiger partial charge on any atom is 0.444 e. The zero-order chi connectivity index (χ0) is 45.6. The van der Waals surface area contributed by atoms with E-state index in [0.717, 1.165) is 55.6 Å². The van der Waals surface area contributed by atoms with E-state index in [1.54, 1.807) is 13.8 Å². The minimum Gasteiger partial charge on any atom is -0.372 e. The monoisotopic (exact) mass is 934 g/mol. The number of nitrogens with zero attached hydrogens (tertiary/aromatic N) is 4. The normalized spacial score (nSPS) is 23.3. The zero-order valence-electron chi connectivity index (χ0n) is 37.4. The van der Waals surface area contributed by atoms with Crippen molar-refractivity contribution in [3.8, 4) is 0 Å². The smallest absolute Gasteiger partial charge is 0.372 e. The fourth-order valence-corrected chi connectivity index (χ4v) is 11.8. The molecule has 4 aromatic rings. The van der Waals surface area contributed by atoms with Crippen LogP contribution < -0.4 is 0 Å². The van der Waals surface area contributed by atoms with Crippen LogP contribution in [0.1, 0.15) is 109 Å². The van der Waals surface area contributed by atoms with Crippen molar-refractivity contribution in [1.29, 1.82) is 0 Å². The van der Waals surface area contributed by atoms with Crippen LogP contribution in [0.4, 0.5) is 0 Å². The molecular formula is C52H56Cl2N4O8. The first-order chi connectivity index (χ1) is 32.1. The fraction of sp³-hybridized carbons (Fsp3) is 0.462. The summed E-state index contributed by atoms with van der Waals surface area (Å²) < 4.78 is 10.9. The predicted molar refractivity (Wildman–Crippen MR) is 253 cm³/mol. The van der Waals surface area contributed by atoms with E-state index in [9.17, 15) is 19.2 Å². The molecule has 6 atom stereocenters. The van der Waals surface area contributed by atoms with Crippen LogP contribution in [0.25, 0.3) is 33.7 Å². The number of carbonyl (C=O) groups excluding carboxylic acids is 4. The molecule has 4 aliphatic carbocycles. The topological polar surface area (TPSA) is 118 Å². The molecule has 14 heteroatoms. The van der Waals surface area contributed by atoms with E-state index in [1.165, 1.54) is 22.3 Å². The maximum atomic E-state index is 13.7. The van der Waals surface area contributed by atoms with Gasteiger partial charge in [0.2, 0.25) is 0 Å². The average Bonchev–Trinajstić information content (AvgIpc) is 4.30. The molecule has 10 rings (SSSR count). The Morgan fingerprint density at radius 3 is 1.41 bits per heavy atom. The highest BCUT2D eigenvalue weighted by atomic mass is 35.5. The van der Waals surface area contributed by atoms with Crippen LogP contribution in [0, 0.1) is 11.8 Å². The van der Waals surface area contributed by atoms with Crippen molar-refractivity contribution >= 4 is 80.7 Å². The number of hydrogen-bond donors (Lipinski definition) is 0. The summed E-state index contributed by atoms with van der Waals surface area (Å²) in [5.41, 5.74) is 6.49. The standard InChI is InChI=1S/C52H56Cl2N4O8/c1-3-63-29-43(59)57(37-17-21-55(22-18-37)49(53)47-39-11-7-5-9-31(39)25-35-15-13-33-27-41(33)45(35)47)65-51(61)52(62)66-58(44(60)30-64-4-2)38-19-23-56(24-20-38)50(54)48-40-12-8-6-10-32(40)26-36-16-14-34-28-42(34)46(36)48/h5-16,25-26,33-34,37-38,41-42,49-50H,3-4,17-24,27-30H2,1-2H3/t33-,34-,41+,42+,49-,50-/m1/s1. The van der Waals surface area contributed by atoms with Gasteiger partial charge in [0.05, 0.1) is 12.1 Å². The second-order valence-corrected chi connectivity index (χ2v) is 19.3. The van der Waals surface area contributed by atoms with Crippen molar-refractivity contribution in [2.45, 2.75) is 87.3 Å². The molecule has 0 N–H and O–H groups in total. The molecule has 2 saturated carbocycles. The quantitative estimate of drug-likeness (QED) is 0.0590. The first-order valence-electron chi connectivity index (χ1n) is 23.6. The number of allylic oxidation sites excluding steroid dienone is 2. The molecule has 0 radical (unpaired) electrons. The highest BCUT2D eigenvalue weighted by Crippen LogP contribution is 2.58.